The number of aromatic nitrogens is 1. The summed E-state index contributed by atoms with van der Waals surface area (Å²) in [5, 5.41) is 14.4. The fourth-order valence-electron chi connectivity index (χ4n) is 1.14. The predicted molar refractivity (Wildman–Crippen MR) is 65.9 cm³/mol. The van der Waals surface area contributed by atoms with E-state index < -0.39 is 0 Å². The van der Waals surface area contributed by atoms with Gasteiger partial charge in [-0.25, -0.2) is 4.98 Å². The third-order valence-corrected chi connectivity index (χ3v) is 3.04. The van der Waals surface area contributed by atoms with Gasteiger partial charge in [0.15, 0.2) is 5.13 Å². The molecule has 0 fully saturated rings. The van der Waals surface area contributed by atoms with Crippen LogP contribution in [0.1, 0.15) is 10.4 Å². The smallest absolute Gasteiger partial charge is 0.261 e. The van der Waals surface area contributed by atoms with E-state index in [9.17, 15) is 9.90 Å². The van der Waals surface area contributed by atoms with E-state index in [1.54, 1.807) is 23.7 Å². The van der Waals surface area contributed by atoms with Crippen molar-refractivity contribution >= 4 is 38.3 Å². The van der Waals surface area contributed by atoms with E-state index in [-0.39, 0.29) is 17.2 Å². The number of phenolic OH excluding ortho intramolecular Hbond substituents is 1. The van der Waals surface area contributed by atoms with Crippen molar-refractivity contribution in [3.63, 3.8) is 0 Å². The number of aromatic hydroxyl groups is 1. The van der Waals surface area contributed by atoms with Crippen molar-refractivity contribution in [1.29, 1.82) is 0 Å². The Morgan fingerprint density at radius 3 is 3.00 bits per heavy atom. The molecule has 0 atom stereocenters. The van der Waals surface area contributed by atoms with Gasteiger partial charge in [0.05, 0.1) is 5.56 Å². The topological polar surface area (TPSA) is 62.2 Å². The van der Waals surface area contributed by atoms with Crippen LogP contribution in [0, 0.1) is 0 Å². The summed E-state index contributed by atoms with van der Waals surface area (Å²) in [4.78, 5) is 15.7. The second kappa shape index (κ2) is 4.63. The van der Waals surface area contributed by atoms with E-state index in [2.05, 4.69) is 26.2 Å². The van der Waals surface area contributed by atoms with Crippen LogP contribution in [0.2, 0.25) is 0 Å². The molecule has 0 aliphatic carbocycles. The molecule has 0 unspecified atom stereocenters. The van der Waals surface area contributed by atoms with Gasteiger partial charge in [-0.3, -0.25) is 10.1 Å². The van der Waals surface area contributed by atoms with Gasteiger partial charge in [-0.15, -0.1) is 11.3 Å². The third-order valence-electron chi connectivity index (χ3n) is 1.86. The standard InChI is InChI=1S/C10H7BrN2O2S/c11-6-1-2-8(14)7(5-6)9(15)13-10-12-3-4-16-10/h1-5,14H,(H,12,13,15). The molecule has 1 amide bonds. The number of anilines is 1. The molecule has 0 aliphatic heterocycles. The fourth-order valence-corrected chi connectivity index (χ4v) is 2.02. The van der Waals surface area contributed by atoms with Crippen molar-refractivity contribution in [3.8, 4) is 5.75 Å². The van der Waals surface area contributed by atoms with Gasteiger partial charge in [-0.2, -0.15) is 0 Å². The monoisotopic (exact) mass is 298 g/mol. The lowest BCUT2D eigenvalue weighted by molar-refractivity contribution is 0.102. The van der Waals surface area contributed by atoms with E-state index in [4.69, 9.17) is 0 Å². The Balaban J connectivity index is 2.24. The highest BCUT2D eigenvalue weighted by Crippen LogP contribution is 2.23. The third kappa shape index (κ3) is 2.40. The van der Waals surface area contributed by atoms with Gasteiger partial charge in [0, 0.05) is 16.0 Å². The van der Waals surface area contributed by atoms with Crippen LogP contribution < -0.4 is 5.32 Å². The highest BCUT2D eigenvalue weighted by molar-refractivity contribution is 9.10. The van der Waals surface area contributed by atoms with E-state index in [0.717, 1.165) is 4.47 Å². The summed E-state index contributed by atoms with van der Waals surface area (Å²) in [5.74, 6) is -0.439. The second-order valence-electron chi connectivity index (χ2n) is 2.95. The molecular weight excluding hydrogens is 292 g/mol. The van der Waals surface area contributed by atoms with Crippen molar-refractivity contribution in [2.45, 2.75) is 0 Å². The highest BCUT2D eigenvalue weighted by Gasteiger charge is 2.12. The van der Waals surface area contributed by atoms with E-state index in [0.29, 0.717) is 5.13 Å². The molecule has 0 bridgehead atoms. The van der Waals surface area contributed by atoms with Crippen LogP contribution in [-0.4, -0.2) is 16.0 Å². The largest absolute Gasteiger partial charge is 0.507 e. The first-order valence-corrected chi connectivity index (χ1v) is 6.03. The minimum Gasteiger partial charge on any atom is -0.507 e. The summed E-state index contributed by atoms with van der Waals surface area (Å²) in [7, 11) is 0. The first-order chi connectivity index (χ1) is 7.66. The molecule has 16 heavy (non-hydrogen) atoms. The Bertz CT molecular complexity index is 514. The van der Waals surface area contributed by atoms with Crippen LogP contribution in [0.3, 0.4) is 0 Å². The zero-order valence-electron chi connectivity index (χ0n) is 7.98. The number of halogens is 1. The quantitative estimate of drug-likeness (QED) is 0.896. The molecule has 0 saturated heterocycles. The van der Waals surface area contributed by atoms with Gasteiger partial charge in [0.25, 0.3) is 5.91 Å². The lowest BCUT2D eigenvalue weighted by Crippen LogP contribution is -2.11. The molecule has 2 rings (SSSR count). The predicted octanol–water partition coefficient (Wildman–Crippen LogP) is 2.86. The van der Waals surface area contributed by atoms with Gasteiger partial charge in [0.2, 0.25) is 0 Å². The number of nitrogens with zero attached hydrogens (tertiary/aromatic N) is 1. The molecule has 1 aromatic heterocycles. The molecule has 0 spiro atoms. The molecule has 1 aromatic carbocycles. The Kier molecular flexibility index (Phi) is 3.21. The maximum absolute atomic E-state index is 11.8. The highest BCUT2D eigenvalue weighted by atomic mass is 79.9. The summed E-state index contributed by atoms with van der Waals surface area (Å²) in [6, 6.07) is 4.68. The normalized spacial score (nSPS) is 10.1. The number of thiazole rings is 1. The Morgan fingerprint density at radius 1 is 1.50 bits per heavy atom. The number of phenols is 1. The van der Waals surface area contributed by atoms with Gasteiger partial charge in [-0.1, -0.05) is 15.9 Å². The van der Waals surface area contributed by atoms with E-state index in [1.807, 2.05) is 0 Å². The van der Waals surface area contributed by atoms with Crippen molar-refractivity contribution in [2.75, 3.05) is 5.32 Å². The number of hydrogen-bond donors (Lipinski definition) is 2. The maximum atomic E-state index is 11.8. The Hall–Kier alpha value is -1.40. The van der Waals surface area contributed by atoms with Crippen molar-refractivity contribution in [3.05, 3.63) is 39.8 Å². The first kappa shape index (κ1) is 11.1. The van der Waals surface area contributed by atoms with Crippen molar-refractivity contribution < 1.29 is 9.90 Å². The van der Waals surface area contributed by atoms with Crippen LogP contribution in [0.25, 0.3) is 0 Å². The zero-order chi connectivity index (χ0) is 11.5. The van der Waals surface area contributed by atoms with E-state index >= 15 is 0 Å². The molecule has 2 N–H and O–H groups in total. The van der Waals surface area contributed by atoms with Crippen LogP contribution in [0.5, 0.6) is 5.75 Å². The summed E-state index contributed by atoms with van der Waals surface area (Å²) >= 11 is 4.56. The minimum atomic E-state index is -0.381. The molecule has 0 radical (unpaired) electrons. The zero-order valence-corrected chi connectivity index (χ0v) is 10.4. The number of carbonyl (C=O) groups excluding carboxylic acids is 1. The summed E-state index contributed by atoms with van der Waals surface area (Å²) < 4.78 is 0.731. The molecule has 82 valence electrons. The average Bonchev–Trinajstić information content (AvgIpc) is 2.74. The average molecular weight is 299 g/mol. The van der Waals surface area contributed by atoms with Gasteiger partial charge < -0.3 is 5.11 Å². The number of carbonyl (C=O) groups is 1. The molecule has 0 saturated carbocycles. The van der Waals surface area contributed by atoms with Crippen molar-refractivity contribution in [2.24, 2.45) is 0 Å². The summed E-state index contributed by atoms with van der Waals surface area (Å²) in [6.07, 6.45) is 1.60. The van der Waals surface area contributed by atoms with Gasteiger partial charge >= 0.3 is 0 Å². The van der Waals surface area contributed by atoms with Gasteiger partial charge in [-0.05, 0) is 18.2 Å². The molecule has 2 aromatic rings. The molecule has 1 heterocycles. The number of rotatable bonds is 2. The summed E-state index contributed by atoms with van der Waals surface area (Å²) in [5.41, 5.74) is 0.213. The lowest BCUT2D eigenvalue weighted by atomic mass is 10.2. The second-order valence-corrected chi connectivity index (χ2v) is 4.76. The molecule has 0 aliphatic rings. The minimum absolute atomic E-state index is 0.0581. The van der Waals surface area contributed by atoms with Crippen LogP contribution >= 0.6 is 27.3 Å². The lowest BCUT2D eigenvalue weighted by Gasteiger charge is -2.04. The molecular formula is C10H7BrN2O2S. The maximum Gasteiger partial charge on any atom is 0.261 e. The first-order valence-electron chi connectivity index (χ1n) is 4.36. The number of amides is 1. The SMILES string of the molecule is O=C(Nc1nccs1)c1cc(Br)ccc1O. The Labute approximate surface area is 104 Å². The number of benzene rings is 1. The van der Waals surface area contributed by atoms with Gasteiger partial charge in [0.1, 0.15) is 5.75 Å². The Morgan fingerprint density at radius 2 is 2.31 bits per heavy atom. The van der Waals surface area contributed by atoms with Crippen molar-refractivity contribution in [1.82, 2.24) is 4.98 Å². The fraction of sp³-hybridized carbons (Fsp3) is 0. The van der Waals surface area contributed by atoms with Crippen LogP contribution in [-0.2, 0) is 0 Å². The molecule has 6 heteroatoms. The van der Waals surface area contributed by atoms with Crippen LogP contribution in [0.4, 0.5) is 5.13 Å². The number of nitrogens with one attached hydrogen (secondary N) is 1. The van der Waals surface area contributed by atoms with E-state index in [1.165, 1.54) is 17.4 Å². The number of hydrogen-bond acceptors (Lipinski definition) is 4. The summed E-state index contributed by atoms with van der Waals surface area (Å²) in [6.45, 7) is 0. The van der Waals surface area contributed by atoms with Crippen LogP contribution in [0.15, 0.2) is 34.2 Å². The molecule has 4 nitrogen and oxygen atoms in total.